The van der Waals surface area contributed by atoms with Gasteiger partial charge in [0.25, 0.3) is 10.0 Å². The Hall–Kier alpha value is -2.44. The van der Waals surface area contributed by atoms with E-state index in [1.165, 1.54) is 47.7 Å². The zero-order valence-corrected chi connectivity index (χ0v) is 21.4. The van der Waals surface area contributed by atoms with E-state index < -0.39 is 21.8 Å². The Morgan fingerprint density at radius 3 is 2.32 bits per heavy atom. The number of rotatable bonds is 6. The number of alkyl halides is 3. The van der Waals surface area contributed by atoms with Crippen molar-refractivity contribution < 1.29 is 26.4 Å². The molecule has 4 nitrogen and oxygen atoms in total. The third-order valence-corrected chi connectivity index (χ3v) is 9.42. The van der Waals surface area contributed by atoms with Gasteiger partial charge in [-0.15, -0.1) is 11.3 Å². The van der Waals surface area contributed by atoms with Crippen LogP contribution >= 0.6 is 33.9 Å². The molecule has 10 heteroatoms. The molecule has 0 atom stereocenters. The maximum atomic E-state index is 13.7. The van der Waals surface area contributed by atoms with Gasteiger partial charge in [0.2, 0.25) is 0 Å². The Bertz CT molecular complexity index is 1480. The van der Waals surface area contributed by atoms with Crippen molar-refractivity contribution in [2.24, 2.45) is 0 Å². The summed E-state index contributed by atoms with van der Waals surface area (Å²) in [6.07, 6.45) is -3.96. The zero-order valence-electron chi connectivity index (χ0n) is 17.6. The summed E-state index contributed by atoms with van der Waals surface area (Å²) in [6, 6.07) is 16.7. The van der Waals surface area contributed by atoms with Crippen LogP contribution < -0.4 is 4.31 Å². The molecule has 0 amide bonds. The van der Waals surface area contributed by atoms with Gasteiger partial charge in [-0.25, -0.2) is 8.42 Å². The second-order valence-electron chi connectivity index (χ2n) is 7.54. The predicted octanol–water partition coefficient (Wildman–Crippen LogP) is 7.04. The molecule has 0 N–H and O–H groups in total. The standard InChI is InChI=1S/C24H17F3INO3S2/c1-15-19-4-2-3-5-22(19)33-23(15)29(34(31,32)18-9-6-16(14-30)7-10-18)13-17-8-11-21(28)20(12-17)24(25,26)27/h2-12,14H,13H2,1H3. The topological polar surface area (TPSA) is 54.5 Å². The van der Waals surface area contributed by atoms with Crippen LogP contribution in [0.3, 0.4) is 0 Å². The van der Waals surface area contributed by atoms with Gasteiger partial charge < -0.3 is 0 Å². The summed E-state index contributed by atoms with van der Waals surface area (Å²) in [5, 5.41) is 1.30. The molecule has 0 saturated heterocycles. The highest BCUT2D eigenvalue weighted by Gasteiger charge is 2.34. The van der Waals surface area contributed by atoms with Crippen molar-refractivity contribution in [3.8, 4) is 0 Å². The fraction of sp³-hybridized carbons (Fsp3) is 0.125. The number of carbonyl (C=O) groups is 1. The second kappa shape index (κ2) is 9.31. The fourth-order valence-electron chi connectivity index (χ4n) is 3.56. The molecular weight excluding hydrogens is 598 g/mol. The fourth-order valence-corrected chi connectivity index (χ4v) is 7.14. The van der Waals surface area contributed by atoms with Crippen molar-refractivity contribution in [3.63, 3.8) is 0 Å². The van der Waals surface area contributed by atoms with Crippen LogP contribution in [0.4, 0.5) is 18.2 Å². The summed E-state index contributed by atoms with van der Waals surface area (Å²) < 4.78 is 70.0. The van der Waals surface area contributed by atoms with Crippen LogP contribution in [0.15, 0.2) is 71.6 Å². The number of hydrogen-bond donors (Lipinski definition) is 0. The van der Waals surface area contributed by atoms with Gasteiger partial charge in [0.15, 0.2) is 0 Å². The largest absolute Gasteiger partial charge is 0.417 e. The van der Waals surface area contributed by atoms with Crippen molar-refractivity contribution in [2.75, 3.05) is 4.31 Å². The van der Waals surface area contributed by atoms with E-state index in [1.54, 1.807) is 29.5 Å². The number of fused-ring (bicyclic) bond motifs is 1. The van der Waals surface area contributed by atoms with Crippen molar-refractivity contribution >= 4 is 65.3 Å². The highest BCUT2D eigenvalue weighted by atomic mass is 127. The first-order chi connectivity index (χ1) is 16.0. The van der Waals surface area contributed by atoms with E-state index in [9.17, 15) is 26.4 Å². The number of carbonyl (C=O) groups excluding carboxylic acids is 1. The van der Waals surface area contributed by atoms with E-state index in [0.717, 1.165) is 26.0 Å². The van der Waals surface area contributed by atoms with Crippen LogP contribution in [0, 0.1) is 10.5 Å². The molecule has 3 aromatic carbocycles. The van der Waals surface area contributed by atoms with Crippen LogP contribution in [0.25, 0.3) is 10.1 Å². The van der Waals surface area contributed by atoms with E-state index >= 15 is 0 Å². The third-order valence-electron chi connectivity index (χ3n) is 5.31. The first-order valence-electron chi connectivity index (χ1n) is 9.94. The van der Waals surface area contributed by atoms with Crippen molar-refractivity contribution in [1.82, 2.24) is 0 Å². The lowest BCUT2D eigenvalue weighted by Crippen LogP contribution is -2.30. The van der Waals surface area contributed by atoms with Crippen molar-refractivity contribution in [3.05, 3.63) is 92.6 Å². The molecule has 0 radical (unpaired) electrons. The third kappa shape index (κ3) is 4.71. The number of benzene rings is 3. The monoisotopic (exact) mass is 615 g/mol. The molecule has 4 rings (SSSR count). The summed E-state index contributed by atoms with van der Waals surface area (Å²) >= 11 is 2.88. The van der Waals surface area contributed by atoms with Gasteiger partial charge >= 0.3 is 6.18 Å². The van der Waals surface area contributed by atoms with Crippen LogP contribution in [0.5, 0.6) is 0 Å². The summed E-state index contributed by atoms with van der Waals surface area (Å²) in [6.45, 7) is 1.51. The molecule has 1 aromatic heterocycles. The van der Waals surface area contributed by atoms with Gasteiger partial charge in [-0.05, 0) is 76.4 Å². The minimum absolute atomic E-state index is 0.0331. The van der Waals surface area contributed by atoms with E-state index in [-0.39, 0.29) is 20.6 Å². The molecule has 1 heterocycles. The second-order valence-corrected chi connectivity index (χ2v) is 11.6. The Balaban J connectivity index is 1.88. The van der Waals surface area contributed by atoms with Crippen LogP contribution in [-0.4, -0.2) is 14.7 Å². The lowest BCUT2D eigenvalue weighted by atomic mass is 10.1. The molecule has 0 bridgehead atoms. The summed E-state index contributed by atoms with van der Waals surface area (Å²) in [5.41, 5.74) is 0.426. The number of anilines is 1. The Morgan fingerprint density at radius 2 is 1.71 bits per heavy atom. The Labute approximate surface area is 212 Å². The molecular formula is C24H17F3INO3S2. The average Bonchev–Trinajstić information content (AvgIpc) is 3.13. The van der Waals surface area contributed by atoms with Gasteiger partial charge in [-0.3, -0.25) is 9.10 Å². The number of thiophene rings is 1. The van der Waals surface area contributed by atoms with Gasteiger partial charge in [0, 0.05) is 13.8 Å². The molecule has 4 aromatic rings. The van der Waals surface area contributed by atoms with E-state index in [4.69, 9.17) is 0 Å². The van der Waals surface area contributed by atoms with Gasteiger partial charge in [-0.2, -0.15) is 13.2 Å². The van der Waals surface area contributed by atoms with E-state index in [1.807, 2.05) is 24.3 Å². The smallest absolute Gasteiger partial charge is 0.298 e. The van der Waals surface area contributed by atoms with Crippen molar-refractivity contribution in [1.29, 1.82) is 0 Å². The number of halogens is 4. The van der Waals surface area contributed by atoms with Crippen LogP contribution in [0.2, 0.25) is 0 Å². The van der Waals surface area contributed by atoms with Gasteiger partial charge in [0.05, 0.1) is 17.0 Å². The number of nitrogens with zero attached hydrogens (tertiary/aromatic N) is 1. The maximum Gasteiger partial charge on any atom is 0.417 e. The molecule has 0 spiro atoms. The Kier molecular flexibility index (Phi) is 6.76. The minimum Gasteiger partial charge on any atom is -0.298 e. The molecule has 0 saturated carbocycles. The van der Waals surface area contributed by atoms with E-state index in [2.05, 4.69) is 0 Å². The molecule has 0 unspecified atom stereocenters. The Morgan fingerprint density at radius 1 is 1.03 bits per heavy atom. The molecule has 0 aliphatic carbocycles. The first kappa shape index (κ1) is 24.7. The van der Waals surface area contributed by atoms with Gasteiger partial charge in [0.1, 0.15) is 11.3 Å². The van der Waals surface area contributed by atoms with Crippen molar-refractivity contribution in [2.45, 2.75) is 24.5 Å². The highest BCUT2D eigenvalue weighted by molar-refractivity contribution is 14.1. The maximum absolute atomic E-state index is 13.7. The zero-order chi connectivity index (χ0) is 24.7. The lowest BCUT2D eigenvalue weighted by molar-refractivity contribution is -0.138. The highest BCUT2D eigenvalue weighted by Crippen LogP contribution is 2.41. The first-order valence-corrected chi connectivity index (χ1v) is 13.3. The summed E-state index contributed by atoms with van der Waals surface area (Å²) in [7, 11) is -4.16. The molecule has 0 aliphatic heterocycles. The SMILES string of the molecule is Cc1c(N(Cc2ccc(I)c(C(F)(F)F)c2)S(=O)(=O)c2ccc(C=O)cc2)sc2ccccc12. The predicted molar refractivity (Wildman–Crippen MR) is 136 cm³/mol. The molecule has 34 heavy (non-hydrogen) atoms. The quantitative estimate of drug-likeness (QED) is 0.173. The normalized spacial score (nSPS) is 12.1. The molecule has 0 fully saturated rings. The number of aldehydes is 1. The number of hydrogen-bond acceptors (Lipinski definition) is 4. The van der Waals surface area contributed by atoms with Gasteiger partial charge in [-0.1, -0.05) is 36.4 Å². The minimum atomic E-state index is -4.56. The molecule has 0 aliphatic rings. The lowest BCUT2D eigenvalue weighted by Gasteiger charge is -2.25. The summed E-state index contributed by atoms with van der Waals surface area (Å²) in [4.78, 5) is 10.9. The van der Waals surface area contributed by atoms with E-state index in [0.29, 0.717) is 16.9 Å². The van der Waals surface area contributed by atoms with Crippen LogP contribution in [0.1, 0.15) is 27.0 Å². The molecule has 176 valence electrons. The number of aryl methyl sites for hydroxylation is 1. The van der Waals surface area contributed by atoms with Crippen LogP contribution in [-0.2, 0) is 22.7 Å². The average molecular weight is 615 g/mol. The summed E-state index contributed by atoms with van der Waals surface area (Å²) in [5.74, 6) is 0. The number of sulfonamides is 1.